The van der Waals surface area contributed by atoms with E-state index in [4.69, 9.17) is 4.74 Å². The van der Waals surface area contributed by atoms with Crippen LogP contribution in [0.15, 0.2) is 0 Å². The minimum Gasteiger partial charge on any atom is -0.378 e. The van der Waals surface area contributed by atoms with Crippen LogP contribution in [0.4, 0.5) is 0 Å². The molecular weight excluding hydrogens is 112 g/mol. The maximum Gasteiger partial charge on any atom is 0.0550 e. The van der Waals surface area contributed by atoms with Gasteiger partial charge in [-0.2, -0.15) is 0 Å². The van der Waals surface area contributed by atoms with Gasteiger partial charge in [-0.3, -0.25) is 0 Å². The molecule has 0 aliphatic carbocycles. The molecule has 1 nitrogen and oxygen atoms in total. The number of rotatable bonds is 1. The fourth-order valence-corrected chi connectivity index (χ4v) is 1.31. The second-order valence-electron chi connectivity index (χ2n) is 3.38. The molecule has 0 radical (unpaired) electrons. The van der Waals surface area contributed by atoms with E-state index < -0.39 is 0 Å². The van der Waals surface area contributed by atoms with Gasteiger partial charge >= 0.3 is 0 Å². The van der Waals surface area contributed by atoms with Crippen LogP contribution in [0.25, 0.3) is 0 Å². The van der Waals surface area contributed by atoms with Crippen molar-refractivity contribution in [1.29, 1.82) is 0 Å². The van der Waals surface area contributed by atoms with Crippen LogP contribution < -0.4 is 0 Å². The summed E-state index contributed by atoms with van der Waals surface area (Å²) in [5, 5.41) is 0. The highest BCUT2D eigenvalue weighted by atomic mass is 16.5. The highest BCUT2D eigenvalue weighted by Crippen LogP contribution is 2.25. The van der Waals surface area contributed by atoms with Gasteiger partial charge in [0, 0.05) is 0 Å². The highest BCUT2D eigenvalue weighted by Gasteiger charge is 2.23. The first-order valence-corrected chi connectivity index (χ1v) is 3.81. The zero-order valence-electron chi connectivity index (χ0n) is 6.55. The Morgan fingerprint density at radius 2 is 2.11 bits per heavy atom. The van der Waals surface area contributed by atoms with Crippen molar-refractivity contribution in [3.63, 3.8) is 0 Å². The van der Waals surface area contributed by atoms with Gasteiger partial charge in [0.15, 0.2) is 0 Å². The normalized spacial score (nSPS) is 36.0. The first-order chi connectivity index (χ1) is 4.20. The average Bonchev–Trinajstić information content (AvgIpc) is 2.14. The van der Waals surface area contributed by atoms with E-state index in [1.807, 2.05) is 0 Å². The predicted molar refractivity (Wildman–Crippen MR) is 38.4 cm³/mol. The largest absolute Gasteiger partial charge is 0.378 e. The van der Waals surface area contributed by atoms with Crippen molar-refractivity contribution in [3.05, 3.63) is 0 Å². The van der Waals surface area contributed by atoms with Crippen LogP contribution in [-0.4, -0.2) is 12.7 Å². The van der Waals surface area contributed by atoms with E-state index in [2.05, 4.69) is 20.8 Å². The van der Waals surface area contributed by atoms with Crippen molar-refractivity contribution >= 4 is 0 Å². The molecule has 0 aromatic carbocycles. The van der Waals surface area contributed by atoms with E-state index in [1.54, 1.807) is 0 Å². The quantitative estimate of drug-likeness (QED) is 0.525. The Labute approximate surface area is 57.4 Å². The summed E-state index contributed by atoms with van der Waals surface area (Å²) in [7, 11) is 0. The molecular formula is C8H16O. The van der Waals surface area contributed by atoms with Gasteiger partial charge < -0.3 is 4.74 Å². The van der Waals surface area contributed by atoms with Gasteiger partial charge in [-0.25, -0.2) is 0 Å². The van der Waals surface area contributed by atoms with Gasteiger partial charge in [0.1, 0.15) is 0 Å². The Balaban J connectivity index is 2.30. The maximum atomic E-state index is 5.43. The zero-order chi connectivity index (χ0) is 6.85. The molecule has 1 aliphatic rings. The molecule has 0 unspecified atom stereocenters. The van der Waals surface area contributed by atoms with Crippen LogP contribution in [0, 0.1) is 11.8 Å². The van der Waals surface area contributed by atoms with E-state index in [1.165, 1.54) is 6.42 Å². The zero-order valence-corrected chi connectivity index (χ0v) is 6.55. The lowest BCUT2D eigenvalue weighted by Gasteiger charge is -2.10. The van der Waals surface area contributed by atoms with Gasteiger partial charge in [0.05, 0.1) is 12.7 Å². The van der Waals surface area contributed by atoms with Crippen molar-refractivity contribution in [2.24, 2.45) is 11.8 Å². The Kier molecular flexibility index (Phi) is 2.12. The summed E-state index contributed by atoms with van der Waals surface area (Å²) in [4.78, 5) is 0. The third-order valence-electron chi connectivity index (χ3n) is 2.17. The Morgan fingerprint density at radius 1 is 1.44 bits per heavy atom. The summed E-state index contributed by atoms with van der Waals surface area (Å²) in [6.07, 6.45) is 1.77. The molecule has 1 saturated heterocycles. The van der Waals surface area contributed by atoms with Crippen molar-refractivity contribution in [2.75, 3.05) is 6.61 Å². The molecule has 0 spiro atoms. The summed E-state index contributed by atoms with van der Waals surface area (Å²) in [6, 6.07) is 0. The Bertz CT molecular complexity index is 88.6. The van der Waals surface area contributed by atoms with Crippen LogP contribution in [0.3, 0.4) is 0 Å². The van der Waals surface area contributed by atoms with E-state index >= 15 is 0 Å². The summed E-state index contributed by atoms with van der Waals surface area (Å²) in [5.41, 5.74) is 0. The highest BCUT2D eigenvalue weighted by molar-refractivity contribution is 4.72. The van der Waals surface area contributed by atoms with Gasteiger partial charge in [0.25, 0.3) is 0 Å². The number of hydrogen-bond donors (Lipinski definition) is 0. The minimum atomic E-state index is 0.511. The fraction of sp³-hybridized carbons (Fsp3) is 1.00. The van der Waals surface area contributed by atoms with Crippen molar-refractivity contribution in [2.45, 2.75) is 33.3 Å². The molecule has 1 fully saturated rings. The maximum absolute atomic E-state index is 5.43. The lowest BCUT2D eigenvalue weighted by Crippen LogP contribution is -2.07. The summed E-state index contributed by atoms with van der Waals surface area (Å²) in [5.74, 6) is 1.62. The molecule has 1 rings (SSSR count). The van der Waals surface area contributed by atoms with Gasteiger partial charge in [-0.05, 0) is 25.2 Å². The van der Waals surface area contributed by atoms with Crippen LogP contribution in [0.1, 0.15) is 27.2 Å². The van der Waals surface area contributed by atoms with Crippen LogP contribution in [-0.2, 0) is 4.74 Å². The Hall–Kier alpha value is -0.0400. The summed E-state index contributed by atoms with van der Waals surface area (Å²) < 4.78 is 5.43. The Morgan fingerprint density at radius 3 is 2.33 bits per heavy atom. The molecule has 0 saturated carbocycles. The van der Waals surface area contributed by atoms with Gasteiger partial charge in [0.2, 0.25) is 0 Å². The smallest absolute Gasteiger partial charge is 0.0550 e. The molecule has 54 valence electrons. The molecule has 2 atom stereocenters. The first kappa shape index (κ1) is 7.07. The predicted octanol–water partition coefficient (Wildman–Crippen LogP) is 2.07. The summed E-state index contributed by atoms with van der Waals surface area (Å²) >= 11 is 0. The molecule has 1 heteroatoms. The van der Waals surface area contributed by atoms with Crippen LogP contribution in [0.5, 0.6) is 0 Å². The standard InChI is InChI=1S/C8H16O/c1-6(2)8-4-7(3)9-5-8/h6-8H,4-5H2,1-3H3/t7-,8+/m0/s1. The second-order valence-corrected chi connectivity index (χ2v) is 3.38. The average molecular weight is 128 g/mol. The van der Waals surface area contributed by atoms with Crippen LogP contribution in [0.2, 0.25) is 0 Å². The third kappa shape index (κ3) is 1.68. The lowest BCUT2D eigenvalue weighted by molar-refractivity contribution is 0.116. The summed E-state index contributed by atoms with van der Waals surface area (Å²) in [6.45, 7) is 7.68. The topological polar surface area (TPSA) is 9.23 Å². The number of hydrogen-bond acceptors (Lipinski definition) is 1. The molecule has 1 aliphatic heterocycles. The molecule has 1 heterocycles. The van der Waals surface area contributed by atoms with Gasteiger partial charge in [-0.1, -0.05) is 13.8 Å². The molecule has 9 heavy (non-hydrogen) atoms. The molecule has 0 aromatic rings. The molecule has 0 aromatic heterocycles. The minimum absolute atomic E-state index is 0.511. The van der Waals surface area contributed by atoms with E-state index in [0.717, 1.165) is 18.4 Å². The first-order valence-electron chi connectivity index (χ1n) is 3.81. The van der Waals surface area contributed by atoms with E-state index in [0.29, 0.717) is 6.10 Å². The van der Waals surface area contributed by atoms with E-state index in [-0.39, 0.29) is 0 Å². The van der Waals surface area contributed by atoms with Crippen molar-refractivity contribution in [3.8, 4) is 0 Å². The molecule has 0 amide bonds. The van der Waals surface area contributed by atoms with Gasteiger partial charge in [-0.15, -0.1) is 0 Å². The van der Waals surface area contributed by atoms with Crippen molar-refractivity contribution < 1.29 is 4.74 Å². The SMILES string of the molecule is CC(C)[C@H]1CO[C@@H](C)C1. The van der Waals surface area contributed by atoms with E-state index in [9.17, 15) is 0 Å². The third-order valence-corrected chi connectivity index (χ3v) is 2.17. The molecule has 0 N–H and O–H groups in total. The van der Waals surface area contributed by atoms with Crippen molar-refractivity contribution in [1.82, 2.24) is 0 Å². The van der Waals surface area contributed by atoms with Crippen LogP contribution >= 0.6 is 0 Å². The fourth-order valence-electron chi connectivity index (χ4n) is 1.31. The number of ether oxygens (including phenoxy) is 1. The molecule has 0 bridgehead atoms. The monoisotopic (exact) mass is 128 g/mol. The second kappa shape index (κ2) is 2.70. The lowest BCUT2D eigenvalue weighted by atomic mass is 9.94.